The first-order chi connectivity index (χ1) is 8.61. The number of halogens is 1. The van der Waals surface area contributed by atoms with Gasteiger partial charge >= 0.3 is 0 Å². The third-order valence-electron chi connectivity index (χ3n) is 2.49. The second-order valence-electron chi connectivity index (χ2n) is 4.62. The molecule has 0 radical (unpaired) electrons. The van der Waals surface area contributed by atoms with Gasteiger partial charge in [-0.3, -0.25) is 0 Å². The normalized spacial score (nSPS) is 10.9. The Morgan fingerprint density at radius 2 is 2.06 bits per heavy atom. The van der Waals surface area contributed by atoms with E-state index in [1.165, 1.54) is 6.07 Å². The van der Waals surface area contributed by atoms with Crippen LogP contribution >= 0.6 is 0 Å². The third-order valence-corrected chi connectivity index (χ3v) is 2.49. The van der Waals surface area contributed by atoms with Gasteiger partial charge in [-0.15, -0.1) is 0 Å². The molecule has 1 aromatic rings. The van der Waals surface area contributed by atoms with Gasteiger partial charge in [-0.05, 0) is 44.8 Å². The van der Waals surface area contributed by atoms with Crippen LogP contribution in [0.2, 0.25) is 0 Å². The molecule has 18 heavy (non-hydrogen) atoms. The van der Waals surface area contributed by atoms with E-state index in [0.29, 0.717) is 18.9 Å². The van der Waals surface area contributed by atoms with E-state index < -0.39 is 0 Å². The minimum Gasteiger partial charge on any atom is -0.492 e. The highest BCUT2D eigenvalue weighted by atomic mass is 19.1. The molecular formula is C14H23FN2O. The van der Waals surface area contributed by atoms with Gasteiger partial charge in [0.2, 0.25) is 0 Å². The number of likely N-dealkylation sites (N-methyl/N-ethyl adjacent to an activating group) is 1. The number of nitrogens with zero attached hydrogens (tertiary/aromatic N) is 1. The number of hydrogen-bond acceptors (Lipinski definition) is 3. The van der Waals surface area contributed by atoms with Gasteiger partial charge in [0.25, 0.3) is 0 Å². The van der Waals surface area contributed by atoms with E-state index in [-0.39, 0.29) is 5.82 Å². The Hall–Kier alpha value is -1.13. The Balaban J connectivity index is 2.51. The van der Waals surface area contributed by atoms with Crippen molar-refractivity contribution in [2.45, 2.75) is 19.9 Å². The fourth-order valence-electron chi connectivity index (χ4n) is 1.56. The monoisotopic (exact) mass is 254 g/mol. The molecule has 0 bridgehead atoms. The van der Waals surface area contributed by atoms with Crippen molar-refractivity contribution in [2.75, 3.05) is 33.8 Å². The van der Waals surface area contributed by atoms with Crippen molar-refractivity contribution < 1.29 is 9.13 Å². The van der Waals surface area contributed by atoms with Gasteiger partial charge in [-0.2, -0.15) is 0 Å². The van der Waals surface area contributed by atoms with Gasteiger partial charge in [0.05, 0.1) is 0 Å². The van der Waals surface area contributed by atoms with E-state index in [4.69, 9.17) is 4.74 Å². The van der Waals surface area contributed by atoms with Gasteiger partial charge in [0.1, 0.15) is 18.2 Å². The van der Waals surface area contributed by atoms with Crippen LogP contribution in [0.1, 0.15) is 18.9 Å². The fraction of sp³-hybridized carbons (Fsp3) is 0.571. The molecule has 0 aromatic heterocycles. The molecule has 0 saturated carbocycles. The van der Waals surface area contributed by atoms with Crippen LogP contribution in [-0.2, 0) is 6.54 Å². The van der Waals surface area contributed by atoms with E-state index in [1.54, 1.807) is 6.07 Å². The highest BCUT2D eigenvalue weighted by molar-refractivity contribution is 5.29. The molecule has 0 spiro atoms. The van der Waals surface area contributed by atoms with Crippen molar-refractivity contribution in [1.29, 1.82) is 0 Å². The van der Waals surface area contributed by atoms with E-state index in [2.05, 4.69) is 12.2 Å². The van der Waals surface area contributed by atoms with Gasteiger partial charge in [-0.1, -0.05) is 6.92 Å². The number of ether oxygens (including phenoxy) is 1. The Morgan fingerprint density at radius 3 is 2.72 bits per heavy atom. The van der Waals surface area contributed by atoms with Gasteiger partial charge < -0.3 is 15.0 Å². The zero-order valence-corrected chi connectivity index (χ0v) is 11.5. The van der Waals surface area contributed by atoms with Gasteiger partial charge in [0, 0.05) is 19.2 Å². The molecule has 0 aliphatic heterocycles. The topological polar surface area (TPSA) is 24.5 Å². The van der Waals surface area contributed by atoms with Crippen LogP contribution < -0.4 is 10.1 Å². The lowest BCUT2D eigenvalue weighted by Gasteiger charge is -2.12. The van der Waals surface area contributed by atoms with Crippen LogP contribution in [-0.4, -0.2) is 38.7 Å². The second-order valence-corrected chi connectivity index (χ2v) is 4.62. The summed E-state index contributed by atoms with van der Waals surface area (Å²) in [4.78, 5) is 2.03. The summed E-state index contributed by atoms with van der Waals surface area (Å²) < 4.78 is 18.9. The molecule has 0 aliphatic rings. The van der Waals surface area contributed by atoms with Crippen LogP contribution in [0.25, 0.3) is 0 Å². The smallest absolute Gasteiger partial charge is 0.127 e. The molecule has 0 unspecified atom stereocenters. The van der Waals surface area contributed by atoms with Crippen molar-refractivity contribution in [3.63, 3.8) is 0 Å². The lowest BCUT2D eigenvalue weighted by Crippen LogP contribution is -2.19. The summed E-state index contributed by atoms with van der Waals surface area (Å²) in [5, 5.41) is 3.25. The van der Waals surface area contributed by atoms with Crippen LogP contribution in [0.3, 0.4) is 0 Å². The molecule has 0 saturated heterocycles. The predicted molar refractivity (Wildman–Crippen MR) is 72.4 cm³/mol. The molecular weight excluding hydrogens is 231 g/mol. The number of benzene rings is 1. The van der Waals surface area contributed by atoms with E-state index in [0.717, 1.165) is 25.1 Å². The lowest BCUT2D eigenvalue weighted by atomic mass is 10.2. The largest absolute Gasteiger partial charge is 0.492 e. The summed E-state index contributed by atoms with van der Waals surface area (Å²) in [5.41, 5.74) is 0.920. The first-order valence-electron chi connectivity index (χ1n) is 6.39. The van der Waals surface area contributed by atoms with Gasteiger partial charge in [-0.25, -0.2) is 4.39 Å². The van der Waals surface area contributed by atoms with E-state index in [9.17, 15) is 4.39 Å². The SMILES string of the molecule is CCCNCc1cc(F)cc(OCCN(C)C)c1. The van der Waals surface area contributed by atoms with Gasteiger partial charge in [0.15, 0.2) is 0 Å². The zero-order valence-electron chi connectivity index (χ0n) is 11.5. The maximum Gasteiger partial charge on any atom is 0.127 e. The minimum atomic E-state index is -0.245. The second kappa shape index (κ2) is 8.06. The molecule has 3 nitrogen and oxygen atoms in total. The summed E-state index contributed by atoms with van der Waals surface area (Å²) in [5.74, 6) is 0.357. The summed E-state index contributed by atoms with van der Waals surface area (Å²) in [7, 11) is 3.96. The van der Waals surface area contributed by atoms with E-state index >= 15 is 0 Å². The summed E-state index contributed by atoms with van der Waals surface area (Å²) >= 11 is 0. The molecule has 0 atom stereocenters. The van der Waals surface area contributed by atoms with Crippen molar-refractivity contribution in [3.05, 3.63) is 29.6 Å². The Morgan fingerprint density at radius 1 is 1.28 bits per heavy atom. The Bertz CT molecular complexity index is 356. The Labute approximate surface area is 109 Å². The average Bonchev–Trinajstić information content (AvgIpc) is 2.28. The molecule has 0 aliphatic carbocycles. The Kier molecular flexibility index (Phi) is 6.68. The third kappa shape index (κ3) is 5.98. The molecule has 1 aromatic carbocycles. The highest BCUT2D eigenvalue weighted by Gasteiger charge is 2.02. The number of rotatable bonds is 8. The van der Waals surface area contributed by atoms with Crippen molar-refractivity contribution >= 4 is 0 Å². The first-order valence-corrected chi connectivity index (χ1v) is 6.39. The predicted octanol–water partition coefficient (Wildman–Crippen LogP) is 2.27. The highest BCUT2D eigenvalue weighted by Crippen LogP contribution is 2.16. The summed E-state index contributed by atoms with van der Waals surface area (Å²) in [6.07, 6.45) is 1.07. The van der Waals surface area contributed by atoms with Crippen LogP contribution in [0.4, 0.5) is 4.39 Å². The maximum absolute atomic E-state index is 13.4. The standard InChI is InChI=1S/C14H23FN2O/c1-4-5-16-11-12-8-13(15)10-14(9-12)18-7-6-17(2)3/h8-10,16H,4-7,11H2,1-3H3. The molecule has 0 amide bonds. The quantitative estimate of drug-likeness (QED) is 0.720. The van der Waals surface area contributed by atoms with Crippen molar-refractivity contribution in [2.24, 2.45) is 0 Å². The van der Waals surface area contributed by atoms with E-state index in [1.807, 2.05) is 25.1 Å². The maximum atomic E-state index is 13.4. The molecule has 102 valence electrons. The zero-order chi connectivity index (χ0) is 13.4. The number of hydrogen-bond donors (Lipinski definition) is 1. The molecule has 0 fully saturated rings. The molecule has 0 heterocycles. The minimum absolute atomic E-state index is 0.245. The molecule has 1 rings (SSSR count). The summed E-state index contributed by atoms with van der Waals surface area (Å²) in [6, 6.07) is 4.86. The van der Waals surface area contributed by atoms with Crippen LogP contribution in [0, 0.1) is 5.82 Å². The lowest BCUT2D eigenvalue weighted by molar-refractivity contribution is 0.260. The van der Waals surface area contributed by atoms with Crippen molar-refractivity contribution in [1.82, 2.24) is 10.2 Å². The van der Waals surface area contributed by atoms with Crippen molar-refractivity contribution in [3.8, 4) is 5.75 Å². The summed E-state index contributed by atoms with van der Waals surface area (Å²) in [6.45, 7) is 5.11. The fourth-order valence-corrected chi connectivity index (χ4v) is 1.56. The molecule has 1 N–H and O–H groups in total. The number of nitrogens with one attached hydrogen (secondary N) is 1. The molecule has 4 heteroatoms. The first kappa shape index (κ1) is 14.9. The van der Waals surface area contributed by atoms with Crippen LogP contribution in [0.15, 0.2) is 18.2 Å². The van der Waals surface area contributed by atoms with Crippen LogP contribution in [0.5, 0.6) is 5.75 Å². The average molecular weight is 254 g/mol.